The zero-order valence-corrected chi connectivity index (χ0v) is 23.3. The normalized spacial score (nSPS) is 17.4. The first-order valence-electron chi connectivity index (χ1n) is 13.3. The van der Waals surface area contributed by atoms with E-state index in [0.717, 1.165) is 0 Å². The molecule has 2 aromatic carbocycles. The average molecular weight is 563 g/mol. The summed E-state index contributed by atoms with van der Waals surface area (Å²) in [4.78, 5) is 27.2. The zero-order chi connectivity index (χ0) is 29.3. The molecule has 2 aromatic heterocycles. The van der Waals surface area contributed by atoms with Crippen molar-refractivity contribution < 1.29 is 23.0 Å². The second kappa shape index (κ2) is 11.1. The summed E-state index contributed by atoms with van der Waals surface area (Å²) in [6.07, 6.45) is 1.52. The van der Waals surface area contributed by atoms with Gasteiger partial charge in [-0.25, -0.2) is 28.5 Å². The van der Waals surface area contributed by atoms with Crippen LogP contribution in [0.15, 0.2) is 54.9 Å². The second-order valence-electron chi connectivity index (χ2n) is 11.0. The molecule has 9 nitrogen and oxygen atoms in total. The van der Waals surface area contributed by atoms with Crippen LogP contribution in [0.1, 0.15) is 32.8 Å². The van der Waals surface area contributed by atoms with Crippen LogP contribution in [-0.2, 0) is 4.74 Å². The van der Waals surface area contributed by atoms with Crippen LogP contribution >= 0.6 is 0 Å². The molecule has 3 heterocycles. The lowest BCUT2D eigenvalue weighted by atomic mass is 10.0. The number of aromatic nitrogens is 3. The number of anilines is 2. The molecule has 5 rings (SSSR count). The summed E-state index contributed by atoms with van der Waals surface area (Å²) in [7, 11) is 0. The van der Waals surface area contributed by atoms with Crippen LogP contribution in [-0.4, -0.2) is 56.8 Å². The van der Waals surface area contributed by atoms with E-state index in [4.69, 9.17) is 15.2 Å². The standard InChI is InChI=1S/C30H32F2N6O3/c1-17-24(32)25(33)20-8-5-6-9-21(20)26(17)40-27-22(10-7-12-34-27)23-11-13-35-28(37-23)36-19-14-18(31)15-38(16-19)29(39)41-30(2,3)4/h5-13,18-19H,14-16,33H2,1-4H3,(H,35,36,37)/t18-,19-/m0/s1. The van der Waals surface area contributed by atoms with Gasteiger partial charge in [0.05, 0.1) is 23.5 Å². The minimum atomic E-state index is -1.23. The summed E-state index contributed by atoms with van der Waals surface area (Å²) in [6, 6.07) is 11.9. The number of alkyl halides is 1. The number of fused-ring (bicyclic) bond motifs is 1. The summed E-state index contributed by atoms with van der Waals surface area (Å²) in [5.41, 5.74) is 6.69. The van der Waals surface area contributed by atoms with E-state index in [1.807, 2.05) is 12.1 Å². The maximum Gasteiger partial charge on any atom is 0.410 e. The van der Waals surface area contributed by atoms with Crippen molar-refractivity contribution in [3.63, 3.8) is 0 Å². The number of nitrogen functional groups attached to an aromatic ring is 1. The van der Waals surface area contributed by atoms with Gasteiger partial charge in [-0.3, -0.25) is 0 Å². The molecule has 0 unspecified atom stereocenters. The van der Waals surface area contributed by atoms with Crippen LogP contribution in [0.3, 0.4) is 0 Å². The van der Waals surface area contributed by atoms with Gasteiger partial charge in [0.25, 0.3) is 0 Å². The molecule has 1 amide bonds. The average Bonchev–Trinajstić information content (AvgIpc) is 2.93. The fourth-order valence-electron chi connectivity index (χ4n) is 4.81. The highest BCUT2D eigenvalue weighted by Gasteiger charge is 2.33. The Morgan fingerprint density at radius 3 is 2.59 bits per heavy atom. The lowest BCUT2D eigenvalue weighted by Gasteiger charge is -2.36. The molecule has 1 saturated heterocycles. The smallest absolute Gasteiger partial charge is 0.410 e. The van der Waals surface area contributed by atoms with E-state index in [1.165, 1.54) is 4.90 Å². The van der Waals surface area contributed by atoms with Crippen molar-refractivity contribution in [1.29, 1.82) is 0 Å². The van der Waals surface area contributed by atoms with Gasteiger partial charge in [0.1, 0.15) is 17.5 Å². The minimum absolute atomic E-state index is 0.0375. The molecule has 3 N–H and O–H groups in total. The number of amides is 1. The summed E-state index contributed by atoms with van der Waals surface area (Å²) in [5, 5.41) is 4.34. The number of piperidine rings is 1. The number of nitrogens with two attached hydrogens (primary N) is 1. The van der Waals surface area contributed by atoms with Crippen molar-refractivity contribution in [3.8, 4) is 22.9 Å². The molecule has 41 heavy (non-hydrogen) atoms. The molecule has 0 saturated carbocycles. The summed E-state index contributed by atoms with van der Waals surface area (Å²) in [5.74, 6) is 0.217. The zero-order valence-electron chi connectivity index (χ0n) is 23.3. The highest BCUT2D eigenvalue weighted by molar-refractivity contribution is 5.98. The van der Waals surface area contributed by atoms with Gasteiger partial charge in [0.15, 0.2) is 5.82 Å². The van der Waals surface area contributed by atoms with E-state index in [-0.39, 0.29) is 42.6 Å². The van der Waals surface area contributed by atoms with Gasteiger partial charge in [0.2, 0.25) is 11.8 Å². The number of hydrogen-bond donors (Lipinski definition) is 2. The first-order chi connectivity index (χ1) is 19.5. The Balaban J connectivity index is 1.41. The van der Waals surface area contributed by atoms with Crippen LogP contribution in [0, 0.1) is 12.7 Å². The number of nitrogens with zero attached hydrogens (tertiary/aromatic N) is 4. The molecule has 0 spiro atoms. The van der Waals surface area contributed by atoms with E-state index >= 15 is 0 Å². The number of carbonyl (C=O) groups is 1. The van der Waals surface area contributed by atoms with E-state index in [1.54, 1.807) is 70.4 Å². The van der Waals surface area contributed by atoms with Crippen molar-refractivity contribution in [2.75, 3.05) is 24.1 Å². The number of carbonyl (C=O) groups excluding carboxylic acids is 1. The second-order valence-corrected chi connectivity index (χ2v) is 11.0. The third-order valence-corrected chi connectivity index (χ3v) is 6.65. The highest BCUT2D eigenvalue weighted by atomic mass is 19.1. The van der Waals surface area contributed by atoms with Crippen molar-refractivity contribution in [2.24, 2.45) is 0 Å². The molecule has 4 aromatic rings. The number of likely N-dealkylation sites (tertiary alicyclic amines) is 1. The van der Waals surface area contributed by atoms with Crippen LogP contribution in [0.25, 0.3) is 22.0 Å². The van der Waals surface area contributed by atoms with Crippen LogP contribution in [0.4, 0.5) is 25.2 Å². The van der Waals surface area contributed by atoms with E-state index < -0.39 is 29.7 Å². The fourth-order valence-corrected chi connectivity index (χ4v) is 4.81. The van der Waals surface area contributed by atoms with Gasteiger partial charge in [-0.05, 0) is 45.9 Å². The van der Waals surface area contributed by atoms with Gasteiger partial charge in [-0.2, -0.15) is 0 Å². The van der Waals surface area contributed by atoms with E-state index in [0.29, 0.717) is 27.8 Å². The SMILES string of the molecule is Cc1c(F)c(N)c2ccccc2c1Oc1ncccc1-c1ccnc(N[C@H]2C[C@H](F)CN(C(=O)OC(C)(C)C)C2)n1. The highest BCUT2D eigenvalue weighted by Crippen LogP contribution is 2.40. The molecule has 214 valence electrons. The molecule has 1 fully saturated rings. The molecule has 1 aliphatic rings. The summed E-state index contributed by atoms with van der Waals surface area (Å²) < 4.78 is 41.2. The molecule has 2 atom stereocenters. The Hall–Kier alpha value is -4.54. The third kappa shape index (κ3) is 6.13. The fraction of sp³-hybridized carbons (Fsp3) is 0.333. The Morgan fingerprint density at radius 1 is 1.07 bits per heavy atom. The summed E-state index contributed by atoms with van der Waals surface area (Å²) in [6.45, 7) is 7.09. The minimum Gasteiger partial charge on any atom is -0.444 e. The molecule has 0 bridgehead atoms. The number of rotatable bonds is 5. The van der Waals surface area contributed by atoms with Gasteiger partial charge < -0.3 is 25.4 Å². The Bertz CT molecular complexity index is 1590. The van der Waals surface area contributed by atoms with Gasteiger partial charge >= 0.3 is 6.09 Å². The summed E-state index contributed by atoms with van der Waals surface area (Å²) >= 11 is 0. The first kappa shape index (κ1) is 28.0. The molecular formula is C30H32F2N6O3. The van der Waals surface area contributed by atoms with Gasteiger partial charge in [-0.1, -0.05) is 24.3 Å². The van der Waals surface area contributed by atoms with Gasteiger partial charge in [-0.15, -0.1) is 0 Å². The van der Waals surface area contributed by atoms with Crippen molar-refractivity contribution in [1.82, 2.24) is 19.9 Å². The van der Waals surface area contributed by atoms with Gasteiger partial charge in [0, 0.05) is 47.7 Å². The maximum absolute atomic E-state index is 15.0. The quantitative estimate of drug-likeness (QED) is 0.273. The maximum atomic E-state index is 15.0. The monoisotopic (exact) mass is 562 g/mol. The molecular weight excluding hydrogens is 530 g/mol. The Morgan fingerprint density at radius 2 is 1.83 bits per heavy atom. The van der Waals surface area contributed by atoms with Crippen LogP contribution < -0.4 is 15.8 Å². The lowest BCUT2D eigenvalue weighted by Crippen LogP contribution is -2.51. The van der Waals surface area contributed by atoms with E-state index in [2.05, 4.69) is 20.3 Å². The number of nitrogens with one attached hydrogen (secondary N) is 1. The first-order valence-corrected chi connectivity index (χ1v) is 13.3. The third-order valence-electron chi connectivity index (χ3n) is 6.65. The number of pyridine rings is 1. The predicted molar refractivity (Wildman–Crippen MR) is 153 cm³/mol. The van der Waals surface area contributed by atoms with E-state index in [9.17, 15) is 13.6 Å². The predicted octanol–water partition coefficient (Wildman–Crippen LogP) is 6.27. The van der Waals surface area contributed by atoms with Crippen molar-refractivity contribution in [3.05, 3.63) is 66.2 Å². The number of hydrogen-bond acceptors (Lipinski definition) is 8. The number of benzene rings is 2. The molecule has 0 radical (unpaired) electrons. The van der Waals surface area contributed by atoms with Crippen molar-refractivity contribution >= 4 is 28.5 Å². The van der Waals surface area contributed by atoms with Crippen LogP contribution in [0.5, 0.6) is 11.6 Å². The Labute approximate surface area is 236 Å². The molecule has 1 aliphatic heterocycles. The number of ether oxygens (including phenoxy) is 2. The van der Waals surface area contributed by atoms with Crippen LogP contribution in [0.2, 0.25) is 0 Å². The van der Waals surface area contributed by atoms with Crippen molar-refractivity contribution in [2.45, 2.75) is 51.9 Å². The lowest BCUT2D eigenvalue weighted by molar-refractivity contribution is 0.0124. The topological polar surface area (TPSA) is 115 Å². The molecule has 11 heteroatoms. The number of halogens is 2. The Kier molecular flexibility index (Phi) is 7.61. The largest absolute Gasteiger partial charge is 0.444 e. The molecule has 0 aliphatic carbocycles.